The molecular formula is C60H80N4O8. The maximum Gasteiger partial charge on any atom is 0.259 e. The summed E-state index contributed by atoms with van der Waals surface area (Å²) < 4.78 is 67.5. The molecule has 388 valence electrons. The second-order valence-electron chi connectivity index (χ2n) is 18.4. The molecule has 0 spiro atoms. The normalized spacial score (nSPS) is 13.5. The Morgan fingerprint density at radius 2 is 0.847 bits per heavy atom. The molecule has 5 rings (SSSR count). The minimum absolute atomic E-state index is 0.0149. The van der Waals surface area contributed by atoms with Crippen molar-refractivity contribution in [3.63, 3.8) is 0 Å². The molecule has 0 amide bonds. The van der Waals surface area contributed by atoms with Gasteiger partial charge in [-0.15, -0.1) is 0 Å². The number of ether oxygens (including phenoxy) is 8. The largest absolute Gasteiger partial charge is 0.493 e. The molecule has 2 unspecified atom stereocenters. The van der Waals surface area contributed by atoms with Crippen molar-refractivity contribution < 1.29 is 42.0 Å². The minimum Gasteiger partial charge on any atom is -0.493 e. The molecule has 0 aromatic heterocycles. The van der Waals surface area contributed by atoms with E-state index in [0.717, 1.165) is 67.1 Å². The molecule has 72 heavy (non-hydrogen) atoms. The third kappa shape index (κ3) is 15.2. The van der Waals surface area contributed by atoms with Crippen LogP contribution in [0.1, 0.15) is 85.3 Å². The average molecular weight is 988 g/mol. The van der Waals surface area contributed by atoms with Gasteiger partial charge in [-0.2, -0.15) is 0 Å². The Bertz CT molecular complexity index is 2620. The van der Waals surface area contributed by atoms with Crippen molar-refractivity contribution >= 4 is 0 Å². The highest BCUT2D eigenvalue weighted by atomic mass is 16.5. The molecule has 12 nitrogen and oxygen atoms in total. The Balaban J connectivity index is 0.000000326. The molecule has 0 heterocycles. The van der Waals surface area contributed by atoms with Crippen molar-refractivity contribution in [2.24, 2.45) is 11.8 Å². The van der Waals surface area contributed by atoms with Crippen molar-refractivity contribution in [3.05, 3.63) is 154 Å². The molecular weight excluding hydrogens is 905 g/mol. The molecule has 0 aliphatic carbocycles. The van der Waals surface area contributed by atoms with E-state index in [1.54, 1.807) is 56.9 Å². The molecule has 5 aromatic rings. The summed E-state index contributed by atoms with van der Waals surface area (Å²) in [6.45, 7) is 25.7. The van der Waals surface area contributed by atoms with Crippen LogP contribution in [0.3, 0.4) is 0 Å². The number of hydrogen-bond donors (Lipinski definition) is 0. The molecule has 0 aliphatic heterocycles. The molecule has 12 heteroatoms. The molecule has 0 saturated heterocycles. The maximum absolute atomic E-state index is 8.25. The van der Waals surface area contributed by atoms with E-state index in [2.05, 4.69) is 64.8 Å². The summed E-state index contributed by atoms with van der Waals surface area (Å²) in [5.41, 5.74) is 3.83. The van der Waals surface area contributed by atoms with Gasteiger partial charge in [-0.25, -0.2) is 13.1 Å². The summed E-state index contributed by atoms with van der Waals surface area (Å²) in [5.74, 6) is 5.40. The lowest BCUT2D eigenvalue weighted by molar-refractivity contribution is 0.243. The summed E-state index contributed by atoms with van der Waals surface area (Å²) in [6.07, 6.45) is 4.17. The van der Waals surface area contributed by atoms with Crippen molar-refractivity contribution in [3.8, 4) is 46.0 Å². The zero-order valence-corrected chi connectivity index (χ0v) is 44.8. The number of rotatable bonds is 28. The lowest BCUT2D eigenvalue weighted by Crippen LogP contribution is -2.32. The van der Waals surface area contributed by atoms with Gasteiger partial charge in [-0.3, -0.25) is 4.90 Å². The van der Waals surface area contributed by atoms with Gasteiger partial charge in [0, 0.05) is 59.6 Å². The monoisotopic (exact) mass is 988 g/mol. The number of likely N-dealkylation sites (N-methyl/N-ethyl adjacent to an activating group) is 1. The zero-order valence-electron chi connectivity index (χ0n) is 47.8. The lowest BCUT2D eigenvalue weighted by atomic mass is 9.77. The van der Waals surface area contributed by atoms with Crippen LogP contribution in [0.4, 0.5) is 0 Å². The molecule has 2 atom stereocenters. The van der Waals surface area contributed by atoms with Gasteiger partial charge in [0.15, 0.2) is 46.0 Å². The first kappa shape index (κ1) is 53.2. The fraction of sp³-hybridized carbons (Fsp3) is 0.467. The van der Waals surface area contributed by atoms with Crippen LogP contribution in [0.25, 0.3) is 9.69 Å². The van der Waals surface area contributed by atoms with E-state index < -0.39 is 18.1 Å². The third-order valence-electron chi connectivity index (χ3n) is 13.6. The standard InChI is InChI=1S/C33H42N2O4.C27H38N2O4/c1-25(2)33(34-3,28-15-17-30(37-5)32(23-28)39-7)19-11-20-35(24-27-12-9-8-10-13-27)21-18-26-14-16-29(36-4)31(22-26)38-6;1-20(2)27(28-3,22-11-13-24(31-6)26(19-22)33-8)15-9-16-29(4)17-14-21-10-12-23(30-5)25(18-21)32-7/h8-10,12-17,22-23,25H,11,18-21,24H2,1-2,4-7H3;10-13,18-20H,9,14-17H2,1-2,4-8H3/i;4D3. The minimum atomic E-state index is -2.24. The average Bonchev–Trinajstić information content (AvgIpc) is 3.42. The Kier molecular flexibility index (Phi) is 21.5. The van der Waals surface area contributed by atoms with Crippen molar-refractivity contribution in [2.75, 3.05) is 90.0 Å². The highest BCUT2D eigenvalue weighted by molar-refractivity contribution is 5.48. The second-order valence-corrected chi connectivity index (χ2v) is 18.4. The third-order valence-corrected chi connectivity index (χ3v) is 13.6. The van der Waals surface area contributed by atoms with Gasteiger partial charge in [-0.1, -0.05) is 70.2 Å². The topological polar surface area (TPSA) is 89.0 Å². The van der Waals surface area contributed by atoms with E-state index in [1.807, 2.05) is 80.6 Å². The highest BCUT2D eigenvalue weighted by Gasteiger charge is 2.44. The summed E-state index contributed by atoms with van der Waals surface area (Å²) in [6, 6.07) is 33.7. The molecule has 0 saturated carbocycles. The van der Waals surface area contributed by atoms with Crippen LogP contribution in [-0.4, -0.2) is 99.8 Å². The Labute approximate surface area is 435 Å². The molecule has 0 aliphatic rings. The van der Waals surface area contributed by atoms with E-state index in [9.17, 15) is 0 Å². The van der Waals surface area contributed by atoms with Crippen molar-refractivity contribution in [1.82, 2.24) is 9.80 Å². The van der Waals surface area contributed by atoms with Crippen LogP contribution in [-0.2, 0) is 30.5 Å². The van der Waals surface area contributed by atoms with Gasteiger partial charge in [0.2, 0.25) is 0 Å². The molecule has 0 N–H and O–H groups in total. The van der Waals surface area contributed by atoms with Gasteiger partial charge in [0.05, 0.1) is 56.9 Å². The number of hydrogen-bond acceptors (Lipinski definition) is 10. The van der Waals surface area contributed by atoms with E-state index >= 15 is 0 Å². The Hall–Kier alpha value is -6.60. The summed E-state index contributed by atoms with van der Waals surface area (Å²) in [5, 5.41) is 0. The van der Waals surface area contributed by atoms with Gasteiger partial charge in [0.25, 0.3) is 11.1 Å². The van der Waals surface area contributed by atoms with E-state index in [1.165, 1.54) is 16.0 Å². The Morgan fingerprint density at radius 3 is 1.24 bits per heavy atom. The fourth-order valence-electron chi connectivity index (χ4n) is 9.20. The van der Waals surface area contributed by atoms with Gasteiger partial charge in [-0.05, 0) is 123 Å². The van der Waals surface area contributed by atoms with Gasteiger partial charge < -0.3 is 52.5 Å². The van der Waals surface area contributed by atoms with E-state index in [0.29, 0.717) is 66.8 Å². The van der Waals surface area contributed by atoms with E-state index in [-0.39, 0.29) is 11.8 Å². The van der Waals surface area contributed by atoms with Crippen LogP contribution in [0.5, 0.6) is 46.0 Å². The number of methoxy groups -OCH3 is 8. The predicted molar refractivity (Wildman–Crippen MR) is 290 cm³/mol. The molecule has 0 bridgehead atoms. The highest BCUT2D eigenvalue weighted by Crippen LogP contribution is 2.44. The van der Waals surface area contributed by atoms with Crippen molar-refractivity contribution in [2.45, 2.75) is 83.8 Å². The zero-order chi connectivity index (χ0) is 55.2. The first-order chi connectivity index (χ1) is 36.0. The SMILES string of the molecule is [2H]C([2H])([2H])N(CCCC([N+]#[C-])(c1ccc(OC)c(OC)c1)C(C)C)CCc1ccc(OC)c(OC)c1.[C-]#[N+]C(CCCN(CCc1ccc(OC)c(OC)c1)Cc1ccccc1)(c1ccc(OC)c(OC)c1)C(C)C. The van der Waals surface area contributed by atoms with Crippen molar-refractivity contribution in [1.29, 1.82) is 0 Å². The van der Waals surface area contributed by atoms with Gasteiger partial charge in [0.1, 0.15) is 0 Å². The quantitative estimate of drug-likeness (QED) is 0.0451. The Morgan fingerprint density at radius 1 is 0.458 bits per heavy atom. The lowest BCUT2D eigenvalue weighted by Gasteiger charge is -2.29. The first-order valence-corrected chi connectivity index (χ1v) is 24.6. The van der Waals surface area contributed by atoms with Gasteiger partial charge >= 0.3 is 0 Å². The van der Waals surface area contributed by atoms with Crippen LogP contribution in [0.2, 0.25) is 0 Å². The second kappa shape index (κ2) is 29.0. The summed E-state index contributed by atoms with van der Waals surface area (Å²) >= 11 is 0. The summed E-state index contributed by atoms with van der Waals surface area (Å²) in [7, 11) is 12.9. The van der Waals surface area contributed by atoms with E-state index in [4.69, 9.17) is 55.2 Å². The summed E-state index contributed by atoms with van der Waals surface area (Å²) in [4.78, 5) is 12.3. The molecule has 5 aromatic carbocycles. The number of benzene rings is 5. The first-order valence-electron chi connectivity index (χ1n) is 26.1. The van der Waals surface area contributed by atoms with Crippen LogP contribution in [0, 0.1) is 25.0 Å². The predicted octanol–water partition coefficient (Wildman–Crippen LogP) is 12.5. The fourth-order valence-corrected chi connectivity index (χ4v) is 9.20. The maximum atomic E-state index is 8.25. The molecule has 0 radical (unpaired) electrons. The molecule has 0 fully saturated rings. The van der Waals surface area contributed by atoms with Crippen LogP contribution >= 0.6 is 0 Å². The number of nitrogens with zero attached hydrogens (tertiary/aromatic N) is 4. The van der Waals surface area contributed by atoms with Crippen LogP contribution in [0.15, 0.2) is 103 Å². The smallest absolute Gasteiger partial charge is 0.259 e. The van der Waals surface area contributed by atoms with Crippen LogP contribution < -0.4 is 37.9 Å².